The zero-order valence-corrected chi connectivity index (χ0v) is 7.31. The fourth-order valence-electron chi connectivity index (χ4n) is 0.828. The lowest BCUT2D eigenvalue weighted by molar-refractivity contribution is 0.203. The molecule has 1 atom stereocenters. The Bertz CT molecular complexity index is 237. The summed E-state index contributed by atoms with van der Waals surface area (Å²) in [5.74, 6) is 0.170. The molecular weight excluding hydrogens is 183 g/mol. The Morgan fingerprint density at radius 1 is 1.36 bits per heavy atom. The van der Waals surface area contributed by atoms with E-state index in [1.165, 1.54) is 0 Å². The topological polar surface area (TPSA) is 20.2 Å². The molecule has 0 amide bonds. The van der Waals surface area contributed by atoms with Crippen molar-refractivity contribution in [3.8, 4) is 0 Å². The second-order valence-electron chi connectivity index (χ2n) is 2.19. The third-order valence-electron chi connectivity index (χ3n) is 1.41. The summed E-state index contributed by atoms with van der Waals surface area (Å²) in [7, 11) is 0. The molecule has 3 heteroatoms. The molecule has 0 fully saturated rings. The van der Waals surface area contributed by atoms with Crippen LogP contribution in [0.3, 0.4) is 0 Å². The molecule has 1 nitrogen and oxygen atoms in total. The number of rotatable bonds is 2. The first-order chi connectivity index (χ1) is 5.25. The predicted octanol–water partition coefficient (Wildman–Crippen LogP) is 2.61. The number of alkyl halides is 1. The summed E-state index contributed by atoms with van der Waals surface area (Å²) < 4.78 is 0. The van der Waals surface area contributed by atoms with Crippen molar-refractivity contribution in [3.05, 3.63) is 34.9 Å². The van der Waals surface area contributed by atoms with Gasteiger partial charge in [-0.3, -0.25) is 0 Å². The van der Waals surface area contributed by atoms with Gasteiger partial charge in [-0.05, 0) is 6.07 Å². The van der Waals surface area contributed by atoms with E-state index in [1.54, 1.807) is 12.1 Å². The molecule has 0 aliphatic rings. The van der Waals surface area contributed by atoms with Gasteiger partial charge in [0, 0.05) is 10.6 Å². The summed E-state index contributed by atoms with van der Waals surface area (Å²) in [4.78, 5) is 0. The first-order valence-corrected chi connectivity index (χ1v) is 4.15. The van der Waals surface area contributed by atoms with Gasteiger partial charge >= 0.3 is 0 Å². The van der Waals surface area contributed by atoms with Gasteiger partial charge in [-0.25, -0.2) is 0 Å². The molecule has 0 unspecified atom stereocenters. The van der Waals surface area contributed by atoms with Gasteiger partial charge in [0.2, 0.25) is 0 Å². The summed E-state index contributed by atoms with van der Waals surface area (Å²) in [6.07, 6.45) is -0.662. The molecular formula is C8H8Cl2O. The fraction of sp³-hybridized carbons (Fsp3) is 0.250. The average molecular weight is 191 g/mol. The van der Waals surface area contributed by atoms with Crippen LogP contribution in [-0.4, -0.2) is 11.0 Å². The molecule has 60 valence electrons. The minimum absolute atomic E-state index is 0.170. The van der Waals surface area contributed by atoms with E-state index in [0.717, 1.165) is 0 Å². The van der Waals surface area contributed by atoms with Crippen molar-refractivity contribution < 1.29 is 5.11 Å². The van der Waals surface area contributed by atoms with Gasteiger partial charge in [-0.1, -0.05) is 29.8 Å². The Labute approximate surface area is 75.6 Å². The van der Waals surface area contributed by atoms with Gasteiger partial charge in [-0.2, -0.15) is 0 Å². The normalized spacial score (nSPS) is 13.0. The summed E-state index contributed by atoms with van der Waals surface area (Å²) in [6.45, 7) is 0. The number of aliphatic hydroxyl groups excluding tert-OH is 1. The zero-order chi connectivity index (χ0) is 8.27. The minimum Gasteiger partial charge on any atom is -0.387 e. The molecule has 0 saturated heterocycles. The maximum atomic E-state index is 9.29. The Balaban J connectivity index is 2.93. The van der Waals surface area contributed by atoms with Gasteiger partial charge in [0.15, 0.2) is 0 Å². The summed E-state index contributed by atoms with van der Waals surface area (Å²) in [5.41, 5.74) is 0.684. The van der Waals surface area contributed by atoms with Crippen LogP contribution in [0.5, 0.6) is 0 Å². The number of aliphatic hydroxyl groups is 1. The maximum absolute atomic E-state index is 9.29. The molecule has 0 aliphatic carbocycles. The summed E-state index contributed by atoms with van der Waals surface area (Å²) in [6, 6.07) is 7.12. The third-order valence-corrected chi connectivity index (χ3v) is 2.05. The Morgan fingerprint density at radius 3 is 2.55 bits per heavy atom. The van der Waals surface area contributed by atoms with Crippen LogP contribution in [0.25, 0.3) is 0 Å². The smallest absolute Gasteiger partial charge is 0.0939 e. The monoisotopic (exact) mass is 190 g/mol. The second kappa shape index (κ2) is 3.96. The minimum atomic E-state index is -0.662. The number of benzene rings is 1. The molecule has 0 heterocycles. The lowest BCUT2D eigenvalue weighted by atomic mass is 10.1. The predicted molar refractivity (Wildman–Crippen MR) is 47.1 cm³/mol. The van der Waals surface area contributed by atoms with E-state index in [2.05, 4.69) is 0 Å². The number of halogens is 2. The van der Waals surface area contributed by atoms with E-state index >= 15 is 0 Å². The Hall–Kier alpha value is -0.240. The van der Waals surface area contributed by atoms with Crippen molar-refractivity contribution >= 4 is 23.2 Å². The highest BCUT2D eigenvalue weighted by Gasteiger charge is 2.08. The zero-order valence-electron chi connectivity index (χ0n) is 5.80. The van der Waals surface area contributed by atoms with Crippen LogP contribution in [0.4, 0.5) is 0 Å². The Morgan fingerprint density at radius 2 is 2.00 bits per heavy atom. The molecule has 0 aromatic heterocycles. The van der Waals surface area contributed by atoms with Crippen LogP contribution in [0, 0.1) is 0 Å². The van der Waals surface area contributed by atoms with E-state index in [1.807, 2.05) is 12.1 Å². The SMILES string of the molecule is O[C@@H](CCl)c1ccccc1Cl. The molecule has 1 aromatic carbocycles. The number of hydrogen-bond donors (Lipinski definition) is 1. The van der Waals surface area contributed by atoms with Crippen LogP contribution in [0.2, 0.25) is 5.02 Å². The quantitative estimate of drug-likeness (QED) is 0.712. The summed E-state index contributed by atoms with van der Waals surface area (Å²) >= 11 is 11.2. The van der Waals surface area contributed by atoms with Crippen molar-refractivity contribution in [1.82, 2.24) is 0 Å². The average Bonchev–Trinajstić information content (AvgIpc) is 2.04. The van der Waals surface area contributed by atoms with Crippen molar-refractivity contribution in [2.24, 2.45) is 0 Å². The first-order valence-electron chi connectivity index (χ1n) is 3.24. The highest BCUT2D eigenvalue weighted by atomic mass is 35.5. The highest BCUT2D eigenvalue weighted by molar-refractivity contribution is 6.31. The molecule has 11 heavy (non-hydrogen) atoms. The van der Waals surface area contributed by atoms with Crippen LogP contribution < -0.4 is 0 Å². The molecule has 0 bridgehead atoms. The van der Waals surface area contributed by atoms with Crippen molar-refractivity contribution in [3.63, 3.8) is 0 Å². The molecule has 0 saturated carbocycles. The highest BCUT2D eigenvalue weighted by Crippen LogP contribution is 2.22. The largest absolute Gasteiger partial charge is 0.387 e. The van der Waals surface area contributed by atoms with Crippen molar-refractivity contribution in [2.75, 3.05) is 5.88 Å². The molecule has 0 aliphatic heterocycles. The Kier molecular flexibility index (Phi) is 3.18. The molecule has 1 rings (SSSR count). The number of hydrogen-bond acceptors (Lipinski definition) is 1. The van der Waals surface area contributed by atoms with Crippen LogP contribution >= 0.6 is 23.2 Å². The lowest BCUT2D eigenvalue weighted by Gasteiger charge is -2.07. The molecule has 1 N–H and O–H groups in total. The van der Waals surface area contributed by atoms with Crippen LogP contribution in [0.15, 0.2) is 24.3 Å². The van der Waals surface area contributed by atoms with E-state index in [4.69, 9.17) is 23.2 Å². The third kappa shape index (κ3) is 2.09. The van der Waals surface area contributed by atoms with Gasteiger partial charge in [0.1, 0.15) is 0 Å². The molecule has 1 aromatic rings. The van der Waals surface area contributed by atoms with E-state index in [9.17, 15) is 5.11 Å². The van der Waals surface area contributed by atoms with Gasteiger partial charge in [0.05, 0.1) is 12.0 Å². The van der Waals surface area contributed by atoms with E-state index < -0.39 is 6.10 Å². The molecule has 0 radical (unpaired) electrons. The van der Waals surface area contributed by atoms with Crippen molar-refractivity contribution in [2.45, 2.75) is 6.10 Å². The maximum Gasteiger partial charge on any atom is 0.0939 e. The van der Waals surface area contributed by atoms with Crippen LogP contribution in [-0.2, 0) is 0 Å². The van der Waals surface area contributed by atoms with E-state index in [-0.39, 0.29) is 5.88 Å². The lowest BCUT2D eigenvalue weighted by Crippen LogP contribution is -1.98. The van der Waals surface area contributed by atoms with Crippen molar-refractivity contribution in [1.29, 1.82) is 0 Å². The summed E-state index contributed by atoms with van der Waals surface area (Å²) in [5, 5.41) is 9.85. The van der Waals surface area contributed by atoms with Crippen LogP contribution in [0.1, 0.15) is 11.7 Å². The fourth-order valence-corrected chi connectivity index (χ4v) is 1.26. The van der Waals surface area contributed by atoms with Gasteiger partial charge in [-0.15, -0.1) is 11.6 Å². The van der Waals surface area contributed by atoms with Gasteiger partial charge in [0.25, 0.3) is 0 Å². The molecule has 0 spiro atoms. The van der Waals surface area contributed by atoms with Gasteiger partial charge < -0.3 is 5.11 Å². The second-order valence-corrected chi connectivity index (χ2v) is 2.91. The first kappa shape index (κ1) is 8.85. The van der Waals surface area contributed by atoms with E-state index in [0.29, 0.717) is 10.6 Å². The standard InChI is InChI=1S/C8H8Cl2O/c9-5-8(11)6-3-1-2-4-7(6)10/h1-4,8,11H,5H2/t8-/m0/s1.